The number of fused-ring (bicyclic) bond motifs is 2. The van der Waals surface area contributed by atoms with Crippen LogP contribution in [-0.4, -0.2) is 72.6 Å². The second-order valence-electron chi connectivity index (χ2n) is 8.49. The number of anilines is 1. The number of alkyl halides is 3. The van der Waals surface area contributed by atoms with Gasteiger partial charge in [-0.05, 0) is 37.5 Å². The van der Waals surface area contributed by atoms with Crippen molar-refractivity contribution in [1.82, 2.24) is 15.1 Å². The van der Waals surface area contributed by atoms with E-state index in [4.69, 9.17) is 11.6 Å². The van der Waals surface area contributed by atoms with E-state index in [1.165, 1.54) is 18.2 Å². The number of halogens is 5. The third-order valence-electron chi connectivity index (χ3n) is 6.37. The molecule has 1 saturated carbocycles. The zero-order valence-corrected chi connectivity index (χ0v) is 17.4. The van der Waals surface area contributed by atoms with Gasteiger partial charge in [0.2, 0.25) is 11.8 Å². The highest BCUT2D eigenvalue weighted by atomic mass is 35.5. The number of piperidine rings is 1. The Hall–Kier alpha value is -1.91. The lowest BCUT2D eigenvalue weighted by Crippen LogP contribution is -2.69. The molecule has 0 radical (unpaired) electrons. The minimum absolute atomic E-state index is 0.0670. The van der Waals surface area contributed by atoms with E-state index in [2.05, 4.69) is 15.5 Å². The molecule has 2 bridgehead atoms. The summed E-state index contributed by atoms with van der Waals surface area (Å²) in [4.78, 5) is 28.4. The molecule has 0 spiro atoms. The molecule has 2 amide bonds. The molecule has 3 saturated heterocycles. The molecule has 2 atom stereocenters. The number of nitrogens with one attached hydrogen (secondary N) is 2. The Balaban J connectivity index is 1.19. The van der Waals surface area contributed by atoms with Crippen LogP contribution < -0.4 is 10.6 Å². The molecule has 6 nitrogen and oxygen atoms in total. The van der Waals surface area contributed by atoms with Crippen LogP contribution in [-0.2, 0) is 9.59 Å². The smallest absolute Gasteiger partial charge is 0.354 e. The van der Waals surface area contributed by atoms with Crippen molar-refractivity contribution in [3.8, 4) is 0 Å². The van der Waals surface area contributed by atoms with Crippen LogP contribution in [0.25, 0.3) is 0 Å². The van der Waals surface area contributed by atoms with Crippen molar-refractivity contribution < 1.29 is 27.2 Å². The van der Waals surface area contributed by atoms with Crippen LogP contribution in [0.15, 0.2) is 18.2 Å². The molecule has 2 N–H and O–H groups in total. The molecule has 1 aliphatic carbocycles. The lowest BCUT2D eigenvalue weighted by atomic mass is 9.87. The van der Waals surface area contributed by atoms with E-state index in [1.807, 2.05) is 4.90 Å². The second-order valence-corrected chi connectivity index (χ2v) is 8.90. The summed E-state index contributed by atoms with van der Waals surface area (Å²) < 4.78 is 52.2. The molecule has 4 fully saturated rings. The van der Waals surface area contributed by atoms with E-state index in [0.717, 1.165) is 6.42 Å². The molecule has 11 heteroatoms. The van der Waals surface area contributed by atoms with E-state index >= 15 is 0 Å². The highest BCUT2D eigenvalue weighted by Crippen LogP contribution is 2.57. The minimum atomic E-state index is -4.50. The van der Waals surface area contributed by atoms with Gasteiger partial charge >= 0.3 is 6.18 Å². The number of nitrogens with zero attached hydrogens (tertiary/aromatic N) is 2. The lowest BCUT2D eigenvalue weighted by molar-refractivity contribution is -0.192. The van der Waals surface area contributed by atoms with E-state index in [9.17, 15) is 27.2 Å². The van der Waals surface area contributed by atoms with Gasteiger partial charge in [-0.25, -0.2) is 4.39 Å². The largest absolute Gasteiger partial charge is 0.403 e. The first-order valence-corrected chi connectivity index (χ1v) is 10.5. The maximum atomic E-state index is 13.2. The summed E-state index contributed by atoms with van der Waals surface area (Å²) >= 11 is 5.72. The van der Waals surface area contributed by atoms with Crippen LogP contribution in [0, 0.1) is 11.2 Å². The monoisotopic (exact) mass is 462 g/mol. The van der Waals surface area contributed by atoms with Crippen molar-refractivity contribution in [1.29, 1.82) is 0 Å². The Bertz CT molecular complexity index is 865. The Morgan fingerprint density at radius 2 is 1.87 bits per heavy atom. The zero-order valence-electron chi connectivity index (χ0n) is 16.6. The van der Waals surface area contributed by atoms with Crippen molar-refractivity contribution in [3.05, 3.63) is 29.0 Å². The van der Waals surface area contributed by atoms with Crippen molar-refractivity contribution in [2.45, 2.75) is 37.5 Å². The maximum absolute atomic E-state index is 13.2. The third kappa shape index (κ3) is 4.51. The van der Waals surface area contributed by atoms with Gasteiger partial charge in [-0.2, -0.15) is 13.2 Å². The Kier molecular flexibility index (Phi) is 5.91. The standard InChI is InChI=1S/C20H23ClF4N4O2/c21-15-7-12(1-2-16(15)22)27-17(30)11-28-9-13-8-14(10-28)29(13)6-5-26-18(31)19(3-4-19)20(23,24)25/h1-2,7,13-14H,3-6,8-11H2,(H,26,31)(H,27,30). The zero-order chi connectivity index (χ0) is 22.4. The number of carbonyl (C=O) groups is 2. The molecule has 31 heavy (non-hydrogen) atoms. The summed E-state index contributed by atoms with van der Waals surface area (Å²) in [6, 6.07) is 4.39. The average Bonchev–Trinajstić information content (AvgIpc) is 3.50. The fourth-order valence-electron chi connectivity index (χ4n) is 4.48. The molecule has 1 aromatic carbocycles. The van der Waals surface area contributed by atoms with Crippen LogP contribution in [0.3, 0.4) is 0 Å². The number of hydrogen-bond donors (Lipinski definition) is 2. The van der Waals surface area contributed by atoms with E-state index < -0.39 is 23.3 Å². The quantitative estimate of drug-likeness (QED) is 0.611. The highest BCUT2D eigenvalue weighted by molar-refractivity contribution is 6.31. The average molecular weight is 463 g/mol. The number of benzene rings is 1. The summed E-state index contributed by atoms with van der Waals surface area (Å²) in [6.07, 6.45) is -3.81. The third-order valence-corrected chi connectivity index (χ3v) is 6.66. The van der Waals surface area contributed by atoms with Crippen LogP contribution in [0.5, 0.6) is 0 Å². The molecular formula is C20H23ClF4N4O2. The highest BCUT2D eigenvalue weighted by Gasteiger charge is 2.68. The second kappa shape index (κ2) is 8.22. The molecule has 170 valence electrons. The minimum Gasteiger partial charge on any atom is -0.354 e. The van der Waals surface area contributed by atoms with Gasteiger partial charge in [-0.15, -0.1) is 0 Å². The van der Waals surface area contributed by atoms with Crippen LogP contribution in [0.1, 0.15) is 19.3 Å². The van der Waals surface area contributed by atoms with Crippen molar-refractivity contribution in [3.63, 3.8) is 0 Å². The van der Waals surface area contributed by atoms with Gasteiger partial charge in [0, 0.05) is 44.0 Å². The fourth-order valence-corrected chi connectivity index (χ4v) is 4.66. The van der Waals surface area contributed by atoms with Gasteiger partial charge in [0.1, 0.15) is 11.2 Å². The van der Waals surface area contributed by atoms with E-state index in [0.29, 0.717) is 25.3 Å². The predicted molar refractivity (Wildman–Crippen MR) is 106 cm³/mol. The normalized spacial score (nSPS) is 24.9. The summed E-state index contributed by atoms with van der Waals surface area (Å²) in [5.74, 6) is -1.72. The topological polar surface area (TPSA) is 64.7 Å². The molecule has 1 aromatic rings. The van der Waals surface area contributed by atoms with Crippen LogP contribution in [0.4, 0.5) is 23.2 Å². The first kappa shape index (κ1) is 22.3. The van der Waals surface area contributed by atoms with Gasteiger partial charge in [0.05, 0.1) is 11.6 Å². The first-order chi connectivity index (χ1) is 14.6. The van der Waals surface area contributed by atoms with Gasteiger partial charge in [0.25, 0.3) is 0 Å². The fraction of sp³-hybridized carbons (Fsp3) is 0.600. The summed E-state index contributed by atoms with van der Waals surface area (Å²) in [5.41, 5.74) is -1.76. The number of hydrogen-bond acceptors (Lipinski definition) is 4. The summed E-state index contributed by atoms with van der Waals surface area (Å²) in [5, 5.41) is 5.07. The number of carbonyl (C=O) groups excluding carboxylic acids is 2. The molecular weight excluding hydrogens is 440 g/mol. The van der Waals surface area contributed by atoms with Gasteiger partial charge < -0.3 is 10.6 Å². The molecule has 5 rings (SSSR count). The van der Waals surface area contributed by atoms with Crippen LogP contribution in [0.2, 0.25) is 5.02 Å². The Labute approximate surface area is 181 Å². The summed E-state index contributed by atoms with van der Waals surface area (Å²) in [7, 11) is 0. The van der Waals surface area contributed by atoms with E-state index in [-0.39, 0.29) is 48.9 Å². The molecule has 3 aliphatic heterocycles. The number of amides is 2. The van der Waals surface area contributed by atoms with E-state index in [1.54, 1.807) is 0 Å². The lowest BCUT2D eigenvalue weighted by Gasteiger charge is -2.56. The number of piperazine rings is 1. The summed E-state index contributed by atoms with van der Waals surface area (Å²) in [6.45, 7) is 2.17. The Morgan fingerprint density at radius 3 is 2.45 bits per heavy atom. The van der Waals surface area contributed by atoms with Crippen molar-refractivity contribution >= 4 is 29.1 Å². The molecule has 4 aliphatic rings. The first-order valence-electron chi connectivity index (χ1n) is 10.2. The molecule has 2 unspecified atom stereocenters. The van der Waals surface area contributed by atoms with Gasteiger partial charge in [-0.1, -0.05) is 11.6 Å². The predicted octanol–water partition coefficient (Wildman–Crippen LogP) is 2.63. The van der Waals surface area contributed by atoms with Gasteiger partial charge in [-0.3, -0.25) is 19.4 Å². The van der Waals surface area contributed by atoms with Crippen molar-refractivity contribution in [2.75, 3.05) is 38.0 Å². The Morgan fingerprint density at radius 1 is 1.19 bits per heavy atom. The maximum Gasteiger partial charge on any atom is 0.403 e. The number of rotatable bonds is 7. The molecule has 0 aromatic heterocycles. The SMILES string of the molecule is O=C(CN1CC2CC(C1)N2CCNC(=O)C1(C(F)(F)F)CC1)Nc1ccc(F)c(Cl)c1. The molecule has 3 heterocycles. The van der Waals surface area contributed by atoms with Crippen LogP contribution >= 0.6 is 11.6 Å². The van der Waals surface area contributed by atoms with Crippen molar-refractivity contribution in [2.24, 2.45) is 5.41 Å². The van der Waals surface area contributed by atoms with Gasteiger partial charge in [0.15, 0.2) is 0 Å².